The summed E-state index contributed by atoms with van der Waals surface area (Å²) in [5.74, 6) is 0.610. The molecular formula is C19H23BrN6O. The lowest BCUT2D eigenvalue weighted by molar-refractivity contribution is 0.194. The van der Waals surface area contributed by atoms with Crippen LogP contribution in [0.3, 0.4) is 0 Å². The van der Waals surface area contributed by atoms with E-state index in [0.717, 1.165) is 40.9 Å². The number of aromatic nitrogens is 2. The molecule has 0 aromatic carbocycles. The van der Waals surface area contributed by atoms with Gasteiger partial charge in [0, 0.05) is 49.5 Å². The van der Waals surface area contributed by atoms with Crippen molar-refractivity contribution in [3.05, 3.63) is 52.5 Å². The van der Waals surface area contributed by atoms with Gasteiger partial charge in [-0.3, -0.25) is 4.99 Å². The monoisotopic (exact) mass is 430 g/mol. The minimum atomic E-state index is 0.0284. The Morgan fingerprint density at radius 3 is 3.07 bits per heavy atom. The molecule has 0 aliphatic carbocycles. The fourth-order valence-corrected chi connectivity index (χ4v) is 3.01. The van der Waals surface area contributed by atoms with Crippen LogP contribution in [0.1, 0.15) is 11.1 Å². The molecule has 0 saturated heterocycles. The number of allylic oxidation sites excluding steroid dienone is 1. The molecule has 0 saturated carbocycles. The third-order valence-corrected chi connectivity index (χ3v) is 4.65. The van der Waals surface area contributed by atoms with E-state index in [4.69, 9.17) is 10.5 Å². The number of fused-ring (bicyclic) bond motifs is 1. The predicted molar refractivity (Wildman–Crippen MR) is 112 cm³/mol. The van der Waals surface area contributed by atoms with Gasteiger partial charge in [-0.15, -0.1) is 0 Å². The van der Waals surface area contributed by atoms with E-state index in [1.807, 2.05) is 18.3 Å². The van der Waals surface area contributed by atoms with Crippen molar-refractivity contribution in [1.82, 2.24) is 15.3 Å². The zero-order valence-electron chi connectivity index (χ0n) is 15.2. The highest BCUT2D eigenvalue weighted by atomic mass is 79.9. The molecule has 2 aromatic heterocycles. The summed E-state index contributed by atoms with van der Waals surface area (Å²) < 4.78 is 6.84. The predicted octanol–water partition coefficient (Wildman–Crippen LogP) is 2.24. The highest BCUT2D eigenvalue weighted by Gasteiger charge is 2.20. The quantitative estimate of drug-likeness (QED) is 0.354. The lowest BCUT2D eigenvalue weighted by Gasteiger charge is -2.27. The Morgan fingerprint density at radius 1 is 1.44 bits per heavy atom. The first kappa shape index (κ1) is 19.3. The van der Waals surface area contributed by atoms with Crippen LogP contribution in [0, 0.1) is 0 Å². The third kappa shape index (κ3) is 5.27. The number of ether oxygens (including phenoxy) is 1. The summed E-state index contributed by atoms with van der Waals surface area (Å²) in [4.78, 5) is 12.7. The van der Waals surface area contributed by atoms with Crippen molar-refractivity contribution in [2.75, 3.05) is 32.0 Å². The second kappa shape index (κ2) is 9.48. The molecule has 1 aliphatic rings. The minimum Gasteiger partial charge on any atom is -0.470 e. The van der Waals surface area contributed by atoms with E-state index >= 15 is 0 Å². The molecule has 3 rings (SSSR count). The van der Waals surface area contributed by atoms with Gasteiger partial charge in [-0.25, -0.2) is 9.97 Å². The molecule has 1 atom stereocenters. The smallest absolute Gasteiger partial charge is 0.237 e. The number of aliphatic imine (C=N–C) groups is 1. The summed E-state index contributed by atoms with van der Waals surface area (Å²) in [5, 5.41) is 6.81. The molecule has 4 N–H and O–H groups in total. The molecule has 0 fully saturated rings. The van der Waals surface area contributed by atoms with Gasteiger partial charge in [0.1, 0.15) is 10.7 Å². The standard InChI is InChI=1S/C19H23BrN6O/c1-22-9-15(7-21)14-6-17-19(26-10-14)27-16(12-24-17)11-23-5-4-13-2-3-18(20)25-8-13/h2-3,6-10,16,23-24H,4-5,11-12,21H2,1H3/b15-7+,22-9?. The highest BCUT2D eigenvalue weighted by Crippen LogP contribution is 2.29. The van der Waals surface area contributed by atoms with E-state index < -0.39 is 0 Å². The lowest BCUT2D eigenvalue weighted by atomic mass is 10.1. The normalized spacial score (nSPS) is 16.7. The van der Waals surface area contributed by atoms with Crippen LogP contribution >= 0.6 is 15.9 Å². The van der Waals surface area contributed by atoms with Crippen molar-refractivity contribution in [2.45, 2.75) is 12.5 Å². The van der Waals surface area contributed by atoms with E-state index in [1.165, 1.54) is 11.8 Å². The Labute approximate surface area is 167 Å². The van der Waals surface area contributed by atoms with Crippen molar-refractivity contribution in [2.24, 2.45) is 10.7 Å². The van der Waals surface area contributed by atoms with E-state index in [9.17, 15) is 0 Å². The second-order valence-corrected chi connectivity index (χ2v) is 6.96. The molecule has 142 valence electrons. The molecule has 8 heteroatoms. The topological polar surface area (TPSA) is 97.5 Å². The third-order valence-electron chi connectivity index (χ3n) is 4.18. The number of anilines is 1. The Bertz CT molecular complexity index is 821. The van der Waals surface area contributed by atoms with Gasteiger partial charge in [0.05, 0.1) is 12.2 Å². The van der Waals surface area contributed by atoms with Gasteiger partial charge in [-0.2, -0.15) is 0 Å². The van der Waals surface area contributed by atoms with Crippen LogP contribution in [0.4, 0.5) is 5.69 Å². The summed E-state index contributed by atoms with van der Waals surface area (Å²) in [7, 11) is 1.71. The van der Waals surface area contributed by atoms with Crippen molar-refractivity contribution < 1.29 is 4.74 Å². The minimum absolute atomic E-state index is 0.0284. The zero-order valence-corrected chi connectivity index (χ0v) is 16.7. The van der Waals surface area contributed by atoms with E-state index in [-0.39, 0.29) is 6.10 Å². The molecular weight excluding hydrogens is 408 g/mol. The largest absolute Gasteiger partial charge is 0.470 e. The number of pyridine rings is 2. The molecule has 1 aliphatic heterocycles. The van der Waals surface area contributed by atoms with E-state index in [1.54, 1.807) is 19.5 Å². The summed E-state index contributed by atoms with van der Waals surface area (Å²) in [6.45, 7) is 2.33. The average Bonchev–Trinajstić information content (AvgIpc) is 2.70. The second-order valence-electron chi connectivity index (χ2n) is 6.15. The molecule has 27 heavy (non-hydrogen) atoms. The van der Waals surface area contributed by atoms with Crippen LogP contribution in [0.25, 0.3) is 5.57 Å². The summed E-state index contributed by atoms with van der Waals surface area (Å²) in [6, 6.07) is 6.01. The molecule has 0 radical (unpaired) electrons. The number of rotatable bonds is 7. The highest BCUT2D eigenvalue weighted by molar-refractivity contribution is 9.10. The molecule has 7 nitrogen and oxygen atoms in total. The SMILES string of the molecule is CN=C/C(=C\N)c1cnc2c(c1)NCC(CNCCc1ccc(Br)nc1)O2. The van der Waals surface area contributed by atoms with Gasteiger partial charge >= 0.3 is 0 Å². The first-order valence-corrected chi connectivity index (χ1v) is 9.55. The average molecular weight is 431 g/mol. The summed E-state index contributed by atoms with van der Waals surface area (Å²) >= 11 is 3.34. The van der Waals surface area contributed by atoms with Crippen molar-refractivity contribution in [1.29, 1.82) is 0 Å². The lowest BCUT2D eigenvalue weighted by Crippen LogP contribution is -2.40. The molecule has 0 bridgehead atoms. The maximum absolute atomic E-state index is 5.99. The Morgan fingerprint density at radius 2 is 2.33 bits per heavy atom. The van der Waals surface area contributed by atoms with Crippen LogP contribution in [0.5, 0.6) is 5.88 Å². The maximum atomic E-state index is 5.99. The number of halogens is 1. The van der Waals surface area contributed by atoms with Crippen LogP contribution in [-0.4, -0.2) is 49.0 Å². The molecule has 2 aromatic rings. The van der Waals surface area contributed by atoms with Gasteiger partial charge in [-0.05, 0) is 46.6 Å². The Balaban J connectivity index is 1.50. The number of hydrogen-bond donors (Lipinski definition) is 3. The van der Waals surface area contributed by atoms with Crippen molar-refractivity contribution in [3.63, 3.8) is 0 Å². The van der Waals surface area contributed by atoms with Crippen LogP contribution < -0.4 is 21.1 Å². The van der Waals surface area contributed by atoms with Crippen molar-refractivity contribution in [3.8, 4) is 5.88 Å². The Kier molecular flexibility index (Phi) is 6.78. The van der Waals surface area contributed by atoms with Gasteiger partial charge in [0.25, 0.3) is 0 Å². The van der Waals surface area contributed by atoms with Crippen molar-refractivity contribution >= 4 is 33.4 Å². The van der Waals surface area contributed by atoms with Crippen LogP contribution in [0.15, 0.2) is 46.4 Å². The van der Waals surface area contributed by atoms with Gasteiger partial charge in [0.2, 0.25) is 5.88 Å². The van der Waals surface area contributed by atoms with Gasteiger partial charge in [-0.1, -0.05) is 6.07 Å². The first-order chi connectivity index (χ1) is 13.2. The molecule has 3 heterocycles. The molecule has 0 amide bonds. The number of nitrogens with one attached hydrogen (secondary N) is 2. The first-order valence-electron chi connectivity index (χ1n) is 8.75. The summed E-state index contributed by atoms with van der Waals surface area (Å²) in [5.41, 5.74) is 9.45. The fourth-order valence-electron chi connectivity index (χ4n) is 2.77. The van der Waals surface area contributed by atoms with E-state index in [2.05, 4.69) is 47.6 Å². The van der Waals surface area contributed by atoms with Crippen LogP contribution in [0.2, 0.25) is 0 Å². The number of hydrogen-bond acceptors (Lipinski definition) is 7. The van der Waals surface area contributed by atoms with E-state index in [0.29, 0.717) is 12.4 Å². The Hall–Kier alpha value is -2.45. The molecule has 1 unspecified atom stereocenters. The van der Waals surface area contributed by atoms with Crippen LogP contribution in [-0.2, 0) is 6.42 Å². The number of nitrogens with two attached hydrogens (primary N) is 1. The van der Waals surface area contributed by atoms with Gasteiger partial charge in [0.15, 0.2) is 0 Å². The molecule has 0 spiro atoms. The summed E-state index contributed by atoms with van der Waals surface area (Å²) in [6.07, 6.45) is 7.81. The maximum Gasteiger partial charge on any atom is 0.237 e. The zero-order chi connectivity index (χ0) is 19.1. The number of nitrogens with zero attached hydrogens (tertiary/aromatic N) is 3. The fraction of sp³-hybridized carbons (Fsp3) is 0.316. The van der Waals surface area contributed by atoms with Gasteiger partial charge < -0.3 is 21.1 Å².